The quantitative estimate of drug-likeness (QED) is 0.732. The molecule has 144 valence electrons. The molecule has 4 rings (SSSR count). The number of amides is 1. The Kier molecular flexibility index (Phi) is 5.43. The van der Waals surface area contributed by atoms with Crippen molar-refractivity contribution >= 4 is 11.7 Å². The lowest BCUT2D eigenvalue weighted by atomic mass is 10.1. The monoisotopic (exact) mass is 377 g/mol. The second-order valence-corrected chi connectivity index (χ2v) is 6.97. The van der Waals surface area contributed by atoms with Gasteiger partial charge in [-0.3, -0.25) is 14.7 Å². The van der Waals surface area contributed by atoms with Gasteiger partial charge in [-0.05, 0) is 57.1 Å². The molecule has 1 fully saturated rings. The molecular formula is C21H23N5O2. The zero-order valence-electron chi connectivity index (χ0n) is 15.9. The van der Waals surface area contributed by atoms with Crippen molar-refractivity contribution in [1.82, 2.24) is 19.9 Å². The van der Waals surface area contributed by atoms with Gasteiger partial charge in [-0.2, -0.15) is 0 Å². The Morgan fingerprint density at radius 1 is 1.11 bits per heavy atom. The fraction of sp³-hybridized carbons (Fsp3) is 0.333. The number of furan rings is 1. The Morgan fingerprint density at radius 2 is 1.96 bits per heavy atom. The van der Waals surface area contributed by atoms with E-state index in [1.807, 2.05) is 37.3 Å². The SMILES string of the molecule is Cc1ccc(-c2nc(NC(=O)CN3CCCCC3)cc(-c3ccccn3)n2)o1. The maximum Gasteiger partial charge on any atom is 0.239 e. The van der Waals surface area contributed by atoms with Crippen LogP contribution in [0.15, 0.2) is 47.0 Å². The van der Waals surface area contributed by atoms with Crippen LogP contribution in [-0.2, 0) is 4.79 Å². The van der Waals surface area contributed by atoms with E-state index in [1.165, 1.54) is 6.42 Å². The first-order valence-electron chi connectivity index (χ1n) is 9.57. The second kappa shape index (κ2) is 8.31. The van der Waals surface area contributed by atoms with Crippen molar-refractivity contribution in [3.05, 3.63) is 48.4 Å². The van der Waals surface area contributed by atoms with Gasteiger partial charge < -0.3 is 9.73 Å². The van der Waals surface area contributed by atoms with E-state index in [2.05, 4.69) is 25.2 Å². The van der Waals surface area contributed by atoms with Crippen LogP contribution in [0.5, 0.6) is 0 Å². The Hall–Kier alpha value is -3.06. The summed E-state index contributed by atoms with van der Waals surface area (Å²) < 4.78 is 5.68. The number of nitrogens with one attached hydrogen (secondary N) is 1. The summed E-state index contributed by atoms with van der Waals surface area (Å²) in [6, 6.07) is 11.1. The fourth-order valence-electron chi connectivity index (χ4n) is 3.32. The molecule has 0 saturated carbocycles. The van der Waals surface area contributed by atoms with Crippen LogP contribution >= 0.6 is 0 Å². The molecule has 0 spiro atoms. The maximum atomic E-state index is 12.5. The van der Waals surface area contributed by atoms with E-state index in [1.54, 1.807) is 12.3 Å². The average Bonchev–Trinajstić information content (AvgIpc) is 3.15. The van der Waals surface area contributed by atoms with E-state index in [9.17, 15) is 4.79 Å². The van der Waals surface area contributed by atoms with Crippen LogP contribution in [0, 0.1) is 6.92 Å². The summed E-state index contributed by atoms with van der Waals surface area (Å²) in [6.07, 6.45) is 5.24. The zero-order chi connectivity index (χ0) is 19.3. The van der Waals surface area contributed by atoms with E-state index < -0.39 is 0 Å². The normalized spacial score (nSPS) is 14.8. The van der Waals surface area contributed by atoms with Crippen molar-refractivity contribution in [1.29, 1.82) is 0 Å². The molecule has 0 radical (unpaired) electrons. The van der Waals surface area contributed by atoms with Gasteiger partial charge in [-0.25, -0.2) is 9.97 Å². The van der Waals surface area contributed by atoms with Gasteiger partial charge in [-0.1, -0.05) is 12.5 Å². The van der Waals surface area contributed by atoms with Crippen molar-refractivity contribution in [2.75, 3.05) is 25.0 Å². The highest BCUT2D eigenvalue weighted by Crippen LogP contribution is 2.24. The summed E-state index contributed by atoms with van der Waals surface area (Å²) >= 11 is 0. The number of carbonyl (C=O) groups excluding carboxylic acids is 1. The first kappa shape index (κ1) is 18.3. The Bertz CT molecular complexity index is 948. The summed E-state index contributed by atoms with van der Waals surface area (Å²) in [6.45, 7) is 4.17. The molecule has 3 aromatic rings. The third-order valence-corrected chi connectivity index (χ3v) is 4.70. The van der Waals surface area contributed by atoms with Crippen LogP contribution in [0.2, 0.25) is 0 Å². The molecule has 0 aromatic carbocycles. The van der Waals surface area contributed by atoms with Crippen molar-refractivity contribution in [3.63, 3.8) is 0 Å². The molecule has 1 aliphatic rings. The third-order valence-electron chi connectivity index (χ3n) is 4.70. The molecule has 1 N–H and O–H groups in total. The molecule has 28 heavy (non-hydrogen) atoms. The molecule has 7 heteroatoms. The lowest BCUT2D eigenvalue weighted by Crippen LogP contribution is -2.37. The molecule has 1 amide bonds. The number of anilines is 1. The molecule has 0 bridgehead atoms. The summed E-state index contributed by atoms with van der Waals surface area (Å²) in [7, 11) is 0. The van der Waals surface area contributed by atoms with Crippen molar-refractivity contribution in [3.8, 4) is 23.0 Å². The minimum atomic E-state index is -0.0749. The number of rotatable bonds is 5. The van der Waals surface area contributed by atoms with Crippen LogP contribution in [0.25, 0.3) is 23.0 Å². The highest BCUT2D eigenvalue weighted by atomic mass is 16.3. The average molecular weight is 377 g/mol. The molecule has 4 heterocycles. The number of aryl methyl sites for hydroxylation is 1. The van der Waals surface area contributed by atoms with E-state index in [4.69, 9.17) is 4.42 Å². The standard InChI is InChI=1S/C21H23N5O2/c1-15-8-9-18(28-15)21-23-17(16-7-3-4-10-22-16)13-19(25-21)24-20(27)14-26-11-5-2-6-12-26/h3-4,7-10,13H,2,5-6,11-12,14H2,1H3,(H,23,24,25,27). The minimum absolute atomic E-state index is 0.0749. The zero-order valence-corrected chi connectivity index (χ0v) is 15.9. The van der Waals surface area contributed by atoms with Gasteiger partial charge in [0.1, 0.15) is 11.6 Å². The number of pyridine rings is 1. The predicted molar refractivity (Wildman–Crippen MR) is 107 cm³/mol. The highest BCUT2D eigenvalue weighted by Gasteiger charge is 2.17. The summed E-state index contributed by atoms with van der Waals surface area (Å²) in [5, 5.41) is 2.92. The lowest BCUT2D eigenvalue weighted by Gasteiger charge is -2.25. The van der Waals surface area contributed by atoms with Crippen LogP contribution in [0.1, 0.15) is 25.0 Å². The first-order valence-corrected chi connectivity index (χ1v) is 9.57. The van der Waals surface area contributed by atoms with Crippen molar-refractivity contribution in [2.45, 2.75) is 26.2 Å². The molecule has 1 aliphatic heterocycles. The van der Waals surface area contributed by atoms with Gasteiger partial charge in [-0.15, -0.1) is 0 Å². The number of aromatic nitrogens is 3. The topological polar surface area (TPSA) is 84.2 Å². The van der Waals surface area contributed by atoms with Gasteiger partial charge in [0.15, 0.2) is 11.6 Å². The Morgan fingerprint density at radius 3 is 2.68 bits per heavy atom. The van der Waals surface area contributed by atoms with Gasteiger partial charge in [0.2, 0.25) is 5.91 Å². The maximum absolute atomic E-state index is 12.5. The first-order chi connectivity index (χ1) is 13.7. The molecule has 0 aliphatic carbocycles. The van der Waals surface area contributed by atoms with Crippen LogP contribution in [0.3, 0.4) is 0 Å². The van der Waals surface area contributed by atoms with Gasteiger partial charge >= 0.3 is 0 Å². The molecule has 7 nitrogen and oxygen atoms in total. The van der Waals surface area contributed by atoms with Crippen LogP contribution in [-0.4, -0.2) is 45.4 Å². The molecule has 0 unspecified atom stereocenters. The number of carbonyl (C=O) groups is 1. The van der Waals surface area contributed by atoms with E-state index in [-0.39, 0.29) is 5.91 Å². The molecule has 1 saturated heterocycles. The molecule has 0 atom stereocenters. The number of hydrogen-bond acceptors (Lipinski definition) is 6. The van der Waals surface area contributed by atoms with Gasteiger partial charge in [0, 0.05) is 12.3 Å². The fourth-order valence-corrected chi connectivity index (χ4v) is 3.32. The minimum Gasteiger partial charge on any atom is -0.458 e. The Balaban J connectivity index is 1.61. The molecule has 3 aromatic heterocycles. The number of likely N-dealkylation sites (tertiary alicyclic amines) is 1. The van der Waals surface area contributed by atoms with Crippen molar-refractivity contribution < 1.29 is 9.21 Å². The number of nitrogens with zero attached hydrogens (tertiary/aromatic N) is 4. The Labute approximate surface area is 163 Å². The van der Waals surface area contributed by atoms with Gasteiger partial charge in [0.05, 0.1) is 17.9 Å². The summed E-state index contributed by atoms with van der Waals surface area (Å²) in [5.74, 6) is 2.12. The van der Waals surface area contributed by atoms with E-state index in [0.29, 0.717) is 35.3 Å². The van der Waals surface area contributed by atoms with E-state index in [0.717, 1.165) is 31.7 Å². The third kappa shape index (κ3) is 4.43. The number of piperidine rings is 1. The highest BCUT2D eigenvalue weighted by molar-refractivity contribution is 5.92. The predicted octanol–water partition coefficient (Wildman–Crippen LogP) is 3.53. The van der Waals surface area contributed by atoms with Crippen molar-refractivity contribution in [2.24, 2.45) is 0 Å². The summed E-state index contributed by atoms with van der Waals surface area (Å²) in [5.41, 5.74) is 1.34. The van der Waals surface area contributed by atoms with Crippen LogP contribution < -0.4 is 5.32 Å². The lowest BCUT2D eigenvalue weighted by molar-refractivity contribution is -0.117. The molecular weight excluding hydrogens is 354 g/mol. The summed E-state index contributed by atoms with van der Waals surface area (Å²) in [4.78, 5) is 28.1. The largest absolute Gasteiger partial charge is 0.458 e. The number of hydrogen-bond donors (Lipinski definition) is 1. The van der Waals surface area contributed by atoms with E-state index >= 15 is 0 Å². The van der Waals surface area contributed by atoms with Gasteiger partial charge in [0.25, 0.3) is 0 Å². The van der Waals surface area contributed by atoms with Crippen LogP contribution in [0.4, 0.5) is 5.82 Å². The second-order valence-electron chi connectivity index (χ2n) is 6.97. The smallest absolute Gasteiger partial charge is 0.239 e.